The van der Waals surface area contributed by atoms with Crippen molar-refractivity contribution in [1.82, 2.24) is 9.13 Å². The first-order valence-electron chi connectivity index (χ1n) is 29.1. The van der Waals surface area contributed by atoms with Crippen molar-refractivity contribution in [2.75, 3.05) is 0 Å². The van der Waals surface area contributed by atoms with Gasteiger partial charge in [-0.3, -0.25) is 0 Å². The largest absolute Gasteiger partial charge is 0.456 e. The number of rotatable bonds is 6. The van der Waals surface area contributed by atoms with Gasteiger partial charge in [0.05, 0.1) is 61.8 Å². The molecule has 5 heterocycles. The third-order valence-electron chi connectivity index (χ3n) is 16.3. The predicted molar refractivity (Wildman–Crippen MR) is 341 cm³/mol. The fraction of sp³-hybridized carbons (Fsp3) is 0. The first-order valence-corrected chi connectivity index (χ1v) is 28.2. The van der Waals surface area contributed by atoms with Crippen LogP contribution in [0.4, 0.5) is 5.69 Å². The third kappa shape index (κ3) is 6.50. The number of hydrogen-bond acceptors (Lipinski definition) is 4. The van der Waals surface area contributed by atoms with E-state index in [1.807, 2.05) is 115 Å². The maximum atomic E-state index is 12.5. The van der Waals surface area contributed by atoms with Crippen LogP contribution in [-0.4, -0.2) is 9.13 Å². The van der Waals surface area contributed by atoms with Gasteiger partial charge in [0.2, 0.25) is 5.69 Å². The van der Waals surface area contributed by atoms with E-state index in [0.717, 1.165) is 112 Å². The van der Waals surface area contributed by atoms with Gasteiger partial charge in [0.25, 0.3) is 0 Å². The van der Waals surface area contributed by atoms with Crippen LogP contribution in [0.25, 0.3) is 167 Å². The zero-order chi connectivity index (χ0) is 57.8. The lowest BCUT2D eigenvalue weighted by Crippen LogP contribution is -2.09. The van der Waals surface area contributed by atoms with Crippen LogP contribution in [0.15, 0.2) is 247 Å². The van der Waals surface area contributed by atoms with E-state index in [-0.39, 0.29) is 28.9 Å². The van der Waals surface area contributed by atoms with E-state index in [4.69, 9.17) is 8.53 Å². The summed E-state index contributed by atoms with van der Waals surface area (Å²) in [4.78, 5) is 4.62. The molecule has 81 heavy (non-hydrogen) atoms. The lowest BCUT2D eigenvalue weighted by atomic mass is 9.88. The van der Waals surface area contributed by atoms with Gasteiger partial charge in [-0.25, -0.2) is 4.85 Å². The molecule has 0 aliphatic heterocycles. The summed E-state index contributed by atoms with van der Waals surface area (Å²) >= 11 is 3.27. The van der Waals surface area contributed by atoms with Crippen LogP contribution in [0, 0.1) is 17.9 Å². The number of fused-ring (bicyclic) bond motifs is 17. The lowest BCUT2D eigenvalue weighted by Gasteiger charge is -2.26. The minimum absolute atomic E-state index is 0.0765. The van der Waals surface area contributed by atoms with Gasteiger partial charge >= 0.3 is 0 Å². The van der Waals surface area contributed by atoms with E-state index in [0.29, 0.717) is 44.5 Å². The van der Waals surface area contributed by atoms with Crippen LogP contribution in [0.2, 0.25) is 0 Å². The molecule has 0 atom stereocenters. The highest BCUT2D eigenvalue weighted by atomic mass is 32.1. The third-order valence-corrected chi connectivity index (χ3v) is 18.6. The maximum absolute atomic E-state index is 12.5. The number of nitrogens with zero attached hydrogens (tertiary/aromatic N) is 4. The predicted octanol–water partition coefficient (Wildman–Crippen LogP) is 21.6. The fourth-order valence-corrected chi connectivity index (χ4v) is 15.3. The Morgan fingerprint density at radius 1 is 0.444 bits per heavy atom. The molecular weight excluding hydrogens is 1020 g/mol. The van der Waals surface area contributed by atoms with E-state index >= 15 is 0 Å². The Morgan fingerprint density at radius 3 is 1.77 bits per heavy atom. The minimum atomic E-state index is -0.478. The number of aromatic nitrogens is 2. The van der Waals surface area contributed by atoms with Crippen LogP contribution in [0.5, 0.6) is 0 Å². The van der Waals surface area contributed by atoms with Gasteiger partial charge in [-0.2, -0.15) is 5.26 Å². The Kier molecular flexibility index (Phi) is 8.77. The summed E-state index contributed by atoms with van der Waals surface area (Å²) in [5.41, 5.74) is 11.5. The number of para-hydroxylation sites is 2. The summed E-state index contributed by atoms with van der Waals surface area (Å²) in [5, 5.41) is 21.7. The summed E-state index contributed by atoms with van der Waals surface area (Å²) in [6, 6.07) is 72.7. The summed E-state index contributed by atoms with van der Waals surface area (Å²) in [5.74, 6) is 0. The van der Waals surface area contributed by atoms with Gasteiger partial charge in [-0.1, -0.05) is 194 Å². The molecule has 5 nitrogen and oxygen atoms in total. The Morgan fingerprint density at radius 2 is 1.02 bits per heavy atom. The van der Waals surface area contributed by atoms with E-state index in [9.17, 15) is 14.6 Å². The smallest absolute Gasteiger partial charge is 0.220 e. The summed E-state index contributed by atoms with van der Waals surface area (Å²) < 4.78 is 61.0. The number of thiophene rings is 2. The number of benzene rings is 12. The van der Waals surface area contributed by atoms with Crippen LogP contribution in [0.3, 0.4) is 0 Å². The van der Waals surface area contributed by atoms with Crippen LogP contribution < -0.4 is 0 Å². The molecule has 374 valence electrons. The van der Waals surface area contributed by atoms with Crippen molar-refractivity contribution >= 4 is 134 Å². The van der Waals surface area contributed by atoms with Crippen molar-refractivity contribution in [2.24, 2.45) is 0 Å². The van der Waals surface area contributed by atoms with Crippen LogP contribution in [-0.2, 0) is 0 Å². The van der Waals surface area contributed by atoms with Gasteiger partial charge in [0, 0.05) is 74.4 Å². The molecule has 17 rings (SSSR count). The molecule has 0 aliphatic carbocycles. The van der Waals surface area contributed by atoms with Crippen molar-refractivity contribution < 1.29 is 11.3 Å². The summed E-state index contributed by atoms with van der Waals surface area (Å²) in [6.07, 6.45) is 0. The fourth-order valence-electron chi connectivity index (χ4n) is 12.9. The molecule has 0 saturated heterocycles. The number of furan rings is 1. The van der Waals surface area contributed by atoms with Gasteiger partial charge in [-0.15, -0.1) is 22.7 Å². The molecule has 0 fully saturated rings. The molecule has 0 amide bonds. The van der Waals surface area contributed by atoms with Crippen LogP contribution >= 0.6 is 22.7 Å². The zero-order valence-electron chi connectivity index (χ0n) is 47.7. The molecule has 5 aromatic heterocycles. The second-order valence-corrected chi connectivity index (χ2v) is 22.5. The SMILES string of the molecule is [2H]c1c([2H])c([2H])c(-c2cc3c4ccccc4sc3c3c2c2ccc4c5ccccc5sc4c2n3-c2c(C#N)c(-c3ccccc3)c([N+]#[C-])c(-n3c4ccccc4c4ccc(-c5ccc6oc7ccccc7c6c5)cc43)c2-c2ccccc2)c([2H])c1[2H]. The number of nitriles is 1. The maximum Gasteiger partial charge on any atom is 0.220 e. The Balaban J connectivity index is 1.14. The van der Waals surface area contributed by atoms with E-state index < -0.39 is 18.1 Å². The van der Waals surface area contributed by atoms with Crippen molar-refractivity contribution in [2.45, 2.75) is 0 Å². The minimum Gasteiger partial charge on any atom is -0.456 e. The topological polar surface area (TPSA) is 51.1 Å². The summed E-state index contributed by atoms with van der Waals surface area (Å²) in [6.45, 7) is 9.60. The molecule has 0 saturated carbocycles. The highest BCUT2D eigenvalue weighted by molar-refractivity contribution is 7.27. The molecule has 0 aliphatic rings. The van der Waals surface area contributed by atoms with E-state index in [1.54, 1.807) is 22.7 Å². The highest BCUT2D eigenvalue weighted by Gasteiger charge is 2.34. The lowest BCUT2D eigenvalue weighted by molar-refractivity contribution is 0.669. The molecule has 0 radical (unpaired) electrons. The molecule has 0 unspecified atom stereocenters. The second kappa shape index (κ2) is 17.5. The monoisotopic (exact) mass is 1070 g/mol. The first-order chi connectivity index (χ1) is 42.2. The van der Waals surface area contributed by atoms with Crippen molar-refractivity contribution in [3.63, 3.8) is 0 Å². The summed E-state index contributed by atoms with van der Waals surface area (Å²) in [7, 11) is 0. The van der Waals surface area contributed by atoms with Gasteiger partial charge in [0.15, 0.2) is 0 Å². The molecular formula is C74H40N4OS2. The molecule has 7 heteroatoms. The van der Waals surface area contributed by atoms with Gasteiger partial charge in [-0.05, 0) is 81.9 Å². The van der Waals surface area contributed by atoms with E-state index in [2.05, 4.69) is 117 Å². The Bertz CT molecular complexity index is 5910. The Labute approximate surface area is 478 Å². The zero-order valence-corrected chi connectivity index (χ0v) is 44.4. The molecule has 0 N–H and O–H groups in total. The highest BCUT2D eigenvalue weighted by Crippen LogP contribution is 2.56. The average Bonchev–Trinajstić information content (AvgIpc) is 1.89. The van der Waals surface area contributed by atoms with Crippen molar-refractivity contribution in [3.8, 4) is 62.0 Å². The number of hydrogen-bond donors (Lipinski definition) is 0. The van der Waals surface area contributed by atoms with Crippen LogP contribution in [0.1, 0.15) is 12.4 Å². The normalized spacial score (nSPS) is 12.8. The van der Waals surface area contributed by atoms with Crippen molar-refractivity contribution in [1.29, 1.82) is 5.26 Å². The average molecular weight is 1070 g/mol. The van der Waals surface area contributed by atoms with Gasteiger partial charge < -0.3 is 13.6 Å². The second-order valence-electron chi connectivity index (χ2n) is 20.4. The van der Waals surface area contributed by atoms with Crippen molar-refractivity contribution in [3.05, 3.63) is 260 Å². The standard InChI is InChI=1S/C74H40N4OS2/c1-76-68-65(44-21-7-3-8-22-44)58(42-75)69(78-70-54(37-36-53-51-27-13-17-31-63(51)80-73(53)70)67-55(43-19-5-2-6-20-43)41-57-52-28-14-18-32-64(52)81-74(57)72(67)78)66(45-23-9-4-10-24-45)71(68)77-59-29-15-11-25-48(59)49-35-33-47(40-60(49)77)46-34-38-62-56(39-46)50-26-12-16-30-61(50)79-62/h2-41H/i2D,5D,6D,19D,20D. The Hall–Kier alpha value is -10.5. The molecule has 12 aromatic carbocycles. The van der Waals surface area contributed by atoms with Gasteiger partial charge in [0.1, 0.15) is 17.2 Å². The quantitative estimate of drug-likeness (QED) is 0.156. The first kappa shape index (κ1) is 40.6. The van der Waals surface area contributed by atoms with E-state index in [1.165, 1.54) is 0 Å². The molecule has 0 spiro atoms. The molecule has 0 bridgehead atoms. The molecule has 17 aromatic rings.